The maximum absolute atomic E-state index is 11.5. The molecular weight excluding hydrogens is 300 g/mol. The molecule has 0 bridgehead atoms. The minimum atomic E-state index is -0.225. The molecule has 2 aliphatic rings. The highest BCUT2D eigenvalue weighted by molar-refractivity contribution is 5.93. The second-order valence-electron chi connectivity index (χ2n) is 6.72. The van der Waals surface area contributed by atoms with E-state index in [-0.39, 0.29) is 5.97 Å². The number of anilines is 1. The molecule has 2 aromatic rings. The first-order valence-electron chi connectivity index (χ1n) is 8.78. The molecule has 0 spiro atoms. The lowest BCUT2D eigenvalue weighted by Gasteiger charge is -2.21. The smallest absolute Gasteiger partial charge is 0.338 e. The number of nitrogens with one attached hydrogen (secondary N) is 1. The number of carbonyl (C=O) groups is 1. The average molecular weight is 322 g/mol. The van der Waals surface area contributed by atoms with Gasteiger partial charge in [0.05, 0.1) is 17.8 Å². The molecule has 24 heavy (non-hydrogen) atoms. The molecule has 1 fully saturated rings. The monoisotopic (exact) mass is 322 g/mol. The molecule has 1 aliphatic carbocycles. The Labute approximate surface area is 142 Å². The molecule has 4 nitrogen and oxygen atoms in total. The largest absolute Gasteiger partial charge is 0.457 e. The van der Waals surface area contributed by atoms with Gasteiger partial charge in [-0.3, -0.25) is 4.98 Å². The highest BCUT2D eigenvalue weighted by atomic mass is 16.5. The zero-order chi connectivity index (χ0) is 16.4. The van der Waals surface area contributed by atoms with Crippen molar-refractivity contribution in [3.63, 3.8) is 0 Å². The van der Waals surface area contributed by atoms with Crippen LogP contribution in [0.1, 0.15) is 65.2 Å². The number of carbonyl (C=O) groups excluding carboxylic acids is 1. The molecule has 2 heterocycles. The Morgan fingerprint density at radius 2 is 2.00 bits per heavy atom. The van der Waals surface area contributed by atoms with Crippen LogP contribution in [-0.2, 0) is 17.9 Å². The van der Waals surface area contributed by atoms with Crippen molar-refractivity contribution >= 4 is 11.7 Å². The van der Waals surface area contributed by atoms with Gasteiger partial charge in [0.2, 0.25) is 0 Å². The summed E-state index contributed by atoms with van der Waals surface area (Å²) in [6, 6.07) is 10.1. The molecule has 0 saturated heterocycles. The highest BCUT2D eigenvalue weighted by Gasteiger charge is 2.20. The fraction of sp³-hybridized carbons (Fsp3) is 0.400. The normalized spacial score (nSPS) is 17.4. The van der Waals surface area contributed by atoms with Crippen LogP contribution in [0.3, 0.4) is 0 Å². The van der Waals surface area contributed by atoms with Crippen LogP contribution >= 0.6 is 0 Å². The zero-order valence-electron chi connectivity index (χ0n) is 13.8. The Morgan fingerprint density at radius 3 is 2.79 bits per heavy atom. The number of pyridine rings is 1. The van der Waals surface area contributed by atoms with Crippen LogP contribution in [0.15, 0.2) is 36.5 Å². The summed E-state index contributed by atoms with van der Waals surface area (Å²) in [4.78, 5) is 16.1. The fourth-order valence-electron chi connectivity index (χ4n) is 3.65. The molecule has 4 rings (SSSR count). The summed E-state index contributed by atoms with van der Waals surface area (Å²) in [6.45, 7) is 1.05. The Balaban J connectivity index is 1.38. The van der Waals surface area contributed by atoms with Gasteiger partial charge in [-0.2, -0.15) is 0 Å². The second kappa shape index (κ2) is 6.63. The van der Waals surface area contributed by atoms with E-state index in [0.29, 0.717) is 24.6 Å². The number of aromatic nitrogens is 1. The SMILES string of the molecule is O=C1OCc2cc(NCc3ccc(C4CCCCC4)cn3)ccc21. The van der Waals surface area contributed by atoms with Crippen molar-refractivity contribution in [2.45, 2.75) is 51.2 Å². The Morgan fingerprint density at radius 1 is 1.12 bits per heavy atom. The van der Waals surface area contributed by atoms with Gasteiger partial charge >= 0.3 is 5.97 Å². The number of rotatable bonds is 4. The molecule has 0 unspecified atom stereocenters. The summed E-state index contributed by atoms with van der Waals surface area (Å²) in [5.41, 5.74) is 5.03. The van der Waals surface area contributed by atoms with E-state index >= 15 is 0 Å². The van der Waals surface area contributed by atoms with Crippen LogP contribution in [0.25, 0.3) is 0 Å². The lowest BCUT2D eigenvalue weighted by Crippen LogP contribution is -2.06. The van der Waals surface area contributed by atoms with E-state index < -0.39 is 0 Å². The third kappa shape index (κ3) is 3.14. The number of esters is 1. The van der Waals surface area contributed by atoms with Crippen LogP contribution in [0.2, 0.25) is 0 Å². The van der Waals surface area contributed by atoms with Crippen molar-refractivity contribution in [1.82, 2.24) is 4.98 Å². The lowest BCUT2D eigenvalue weighted by atomic mass is 9.85. The fourth-order valence-corrected chi connectivity index (χ4v) is 3.65. The van der Waals surface area contributed by atoms with Crippen molar-refractivity contribution in [2.75, 3.05) is 5.32 Å². The van der Waals surface area contributed by atoms with Gasteiger partial charge in [0.25, 0.3) is 0 Å². The maximum atomic E-state index is 11.5. The standard InChI is InChI=1S/C20H22N2O2/c23-20-19-9-8-17(10-16(19)13-24-20)22-12-18-7-6-15(11-21-18)14-4-2-1-3-5-14/h6-11,14,22H,1-5,12-13H2. The number of nitrogens with zero attached hydrogens (tertiary/aromatic N) is 1. The minimum Gasteiger partial charge on any atom is -0.457 e. The maximum Gasteiger partial charge on any atom is 0.338 e. The van der Waals surface area contributed by atoms with E-state index in [1.807, 2.05) is 24.4 Å². The third-order valence-electron chi connectivity index (χ3n) is 5.08. The van der Waals surface area contributed by atoms with Crippen LogP contribution in [0.4, 0.5) is 5.69 Å². The minimum absolute atomic E-state index is 0.225. The van der Waals surface area contributed by atoms with Gasteiger partial charge in [0, 0.05) is 17.4 Å². The van der Waals surface area contributed by atoms with Gasteiger partial charge in [0.1, 0.15) is 6.61 Å². The van der Waals surface area contributed by atoms with E-state index in [9.17, 15) is 4.79 Å². The number of cyclic esters (lactones) is 1. The first-order chi connectivity index (χ1) is 11.8. The Bertz CT molecular complexity index is 734. The van der Waals surface area contributed by atoms with Crippen LogP contribution in [-0.4, -0.2) is 11.0 Å². The predicted molar refractivity (Wildman–Crippen MR) is 93.0 cm³/mol. The summed E-state index contributed by atoms with van der Waals surface area (Å²) >= 11 is 0. The Kier molecular flexibility index (Phi) is 4.20. The van der Waals surface area contributed by atoms with Gasteiger partial charge < -0.3 is 10.1 Å². The molecule has 4 heteroatoms. The van der Waals surface area contributed by atoms with Crippen molar-refractivity contribution in [1.29, 1.82) is 0 Å². The van der Waals surface area contributed by atoms with Crippen molar-refractivity contribution in [3.8, 4) is 0 Å². The summed E-state index contributed by atoms with van der Waals surface area (Å²) < 4.78 is 5.03. The first kappa shape index (κ1) is 15.2. The van der Waals surface area contributed by atoms with Gasteiger partial charge in [-0.1, -0.05) is 25.3 Å². The summed E-state index contributed by atoms with van der Waals surface area (Å²) in [7, 11) is 0. The number of fused-ring (bicyclic) bond motifs is 1. The lowest BCUT2D eigenvalue weighted by molar-refractivity contribution is 0.0535. The highest BCUT2D eigenvalue weighted by Crippen LogP contribution is 2.32. The molecule has 1 saturated carbocycles. The van der Waals surface area contributed by atoms with Gasteiger partial charge in [0.15, 0.2) is 0 Å². The molecule has 0 amide bonds. The number of hydrogen-bond acceptors (Lipinski definition) is 4. The molecule has 1 N–H and O–H groups in total. The predicted octanol–water partition coefficient (Wildman–Crippen LogP) is 4.41. The molecular formula is C20H22N2O2. The molecule has 0 atom stereocenters. The molecule has 0 radical (unpaired) electrons. The van der Waals surface area contributed by atoms with Crippen LogP contribution in [0, 0.1) is 0 Å². The van der Waals surface area contributed by atoms with E-state index in [2.05, 4.69) is 22.4 Å². The summed E-state index contributed by atoms with van der Waals surface area (Å²) in [5, 5.41) is 3.38. The summed E-state index contributed by atoms with van der Waals surface area (Å²) in [5.74, 6) is 0.471. The number of ether oxygens (including phenoxy) is 1. The quantitative estimate of drug-likeness (QED) is 0.847. The van der Waals surface area contributed by atoms with E-state index in [4.69, 9.17) is 4.74 Å². The molecule has 1 aromatic carbocycles. The van der Waals surface area contributed by atoms with Crippen molar-refractivity contribution in [2.24, 2.45) is 0 Å². The molecule has 1 aliphatic heterocycles. The van der Waals surface area contributed by atoms with E-state index in [1.165, 1.54) is 37.7 Å². The van der Waals surface area contributed by atoms with Crippen LogP contribution < -0.4 is 5.32 Å². The molecule has 1 aromatic heterocycles. The number of hydrogen-bond donors (Lipinski definition) is 1. The average Bonchev–Trinajstić information content (AvgIpc) is 3.02. The van der Waals surface area contributed by atoms with Crippen LogP contribution in [0.5, 0.6) is 0 Å². The first-order valence-corrected chi connectivity index (χ1v) is 8.78. The summed E-state index contributed by atoms with van der Waals surface area (Å²) in [6.07, 6.45) is 8.72. The topological polar surface area (TPSA) is 51.2 Å². The third-order valence-corrected chi connectivity index (χ3v) is 5.08. The van der Waals surface area contributed by atoms with Gasteiger partial charge in [-0.25, -0.2) is 4.79 Å². The molecule has 124 valence electrons. The second-order valence-corrected chi connectivity index (χ2v) is 6.72. The van der Waals surface area contributed by atoms with Crippen molar-refractivity contribution < 1.29 is 9.53 Å². The van der Waals surface area contributed by atoms with E-state index in [0.717, 1.165) is 16.9 Å². The van der Waals surface area contributed by atoms with Gasteiger partial charge in [-0.05, 0) is 48.6 Å². The number of benzene rings is 1. The van der Waals surface area contributed by atoms with E-state index in [1.54, 1.807) is 0 Å². The zero-order valence-corrected chi connectivity index (χ0v) is 13.8. The van der Waals surface area contributed by atoms with Crippen molar-refractivity contribution in [3.05, 3.63) is 58.9 Å². The van der Waals surface area contributed by atoms with Gasteiger partial charge in [-0.15, -0.1) is 0 Å². The Hall–Kier alpha value is -2.36.